The predicted octanol–water partition coefficient (Wildman–Crippen LogP) is 6.09. The highest BCUT2D eigenvalue weighted by atomic mass is 79.9. The van der Waals surface area contributed by atoms with Gasteiger partial charge in [-0.05, 0) is 58.0 Å². The SMILES string of the molecule is Fc1ccc(NC(=S)Nc2nn(Cc3ccc(Cl)c(Cl)c3)cc2Br)c(F)c1. The van der Waals surface area contributed by atoms with Gasteiger partial charge < -0.3 is 10.6 Å². The molecule has 27 heavy (non-hydrogen) atoms. The molecule has 0 saturated heterocycles. The van der Waals surface area contributed by atoms with Gasteiger partial charge in [0.1, 0.15) is 11.6 Å². The van der Waals surface area contributed by atoms with Crippen molar-refractivity contribution in [3.05, 3.63) is 74.3 Å². The molecule has 0 aliphatic carbocycles. The number of halogens is 5. The van der Waals surface area contributed by atoms with Crippen molar-refractivity contribution in [1.82, 2.24) is 9.78 Å². The molecule has 10 heteroatoms. The van der Waals surface area contributed by atoms with Crippen molar-refractivity contribution >= 4 is 68.0 Å². The van der Waals surface area contributed by atoms with Gasteiger partial charge in [0.2, 0.25) is 0 Å². The first-order valence-corrected chi connectivity index (χ1v) is 9.47. The number of anilines is 2. The highest BCUT2D eigenvalue weighted by Crippen LogP contribution is 2.25. The van der Waals surface area contributed by atoms with E-state index in [0.717, 1.165) is 17.7 Å². The molecule has 0 spiro atoms. The Morgan fingerprint density at radius 3 is 2.59 bits per heavy atom. The standard InChI is InChI=1S/C17H11BrCl2F2N4S/c18-11-8-26(7-9-1-3-12(19)13(20)5-9)25-16(11)24-17(27)23-15-4-2-10(21)6-14(15)22/h1-6,8H,7H2,(H2,23,24,25,27). The minimum atomic E-state index is -0.747. The Bertz CT molecular complexity index is 1010. The third-order valence-electron chi connectivity index (χ3n) is 3.46. The van der Waals surface area contributed by atoms with Crippen LogP contribution in [-0.4, -0.2) is 14.9 Å². The Balaban J connectivity index is 1.68. The molecule has 3 rings (SSSR count). The van der Waals surface area contributed by atoms with E-state index in [4.69, 9.17) is 35.4 Å². The van der Waals surface area contributed by atoms with Crippen molar-refractivity contribution in [3.8, 4) is 0 Å². The maximum atomic E-state index is 13.7. The largest absolute Gasteiger partial charge is 0.330 e. The van der Waals surface area contributed by atoms with E-state index in [1.165, 1.54) is 6.07 Å². The van der Waals surface area contributed by atoms with Crippen LogP contribution in [0.3, 0.4) is 0 Å². The van der Waals surface area contributed by atoms with Crippen LogP contribution >= 0.6 is 51.3 Å². The quantitative estimate of drug-likeness (QED) is 0.433. The maximum Gasteiger partial charge on any atom is 0.176 e. The molecule has 1 heterocycles. The number of nitrogens with one attached hydrogen (secondary N) is 2. The summed E-state index contributed by atoms with van der Waals surface area (Å²) in [4.78, 5) is 0. The topological polar surface area (TPSA) is 41.9 Å². The van der Waals surface area contributed by atoms with Crippen molar-refractivity contribution in [3.63, 3.8) is 0 Å². The van der Waals surface area contributed by atoms with Crippen LogP contribution in [0.2, 0.25) is 10.0 Å². The Labute approximate surface area is 177 Å². The van der Waals surface area contributed by atoms with Gasteiger partial charge in [-0.25, -0.2) is 8.78 Å². The van der Waals surface area contributed by atoms with Crippen molar-refractivity contribution < 1.29 is 8.78 Å². The van der Waals surface area contributed by atoms with Crippen LogP contribution in [0.5, 0.6) is 0 Å². The summed E-state index contributed by atoms with van der Waals surface area (Å²) < 4.78 is 29.0. The number of aromatic nitrogens is 2. The smallest absolute Gasteiger partial charge is 0.176 e. The summed E-state index contributed by atoms with van der Waals surface area (Å²) >= 11 is 20.5. The van der Waals surface area contributed by atoms with E-state index >= 15 is 0 Å². The Hall–Kier alpha value is -1.74. The Morgan fingerprint density at radius 2 is 1.89 bits per heavy atom. The van der Waals surface area contributed by atoms with Crippen molar-refractivity contribution in [2.75, 3.05) is 10.6 Å². The molecular weight excluding hydrogens is 481 g/mol. The fourth-order valence-corrected chi connectivity index (χ4v) is 3.18. The minimum Gasteiger partial charge on any atom is -0.330 e. The van der Waals surface area contributed by atoms with Gasteiger partial charge in [0, 0.05) is 12.3 Å². The third-order valence-corrected chi connectivity index (χ3v) is 4.98. The summed E-state index contributed by atoms with van der Waals surface area (Å²) in [6.45, 7) is 0.462. The second-order valence-corrected chi connectivity index (χ2v) is 7.55. The molecule has 140 valence electrons. The highest BCUT2D eigenvalue weighted by molar-refractivity contribution is 9.10. The molecule has 2 N–H and O–H groups in total. The van der Waals surface area contributed by atoms with Gasteiger partial charge in [0.15, 0.2) is 10.9 Å². The number of benzene rings is 2. The molecule has 2 aromatic carbocycles. The summed E-state index contributed by atoms with van der Waals surface area (Å²) in [7, 11) is 0. The highest BCUT2D eigenvalue weighted by Gasteiger charge is 2.11. The van der Waals surface area contributed by atoms with Crippen LogP contribution in [0.1, 0.15) is 5.56 Å². The first kappa shape index (κ1) is 20.0. The average molecular weight is 492 g/mol. The molecule has 0 radical (unpaired) electrons. The van der Waals surface area contributed by atoms with Crippen LogP contribution in [-0.2, 0) is 6.54 Å². The second-order valence-electron chi connectivity index (χ2n) is 5.47. The first-order valence-electron chi connectivity index (χ1n) is 7.52. The minimum absolute atomic E-state index is 0.0558. The second kappa shape index (κ2) is 8.52. The number of nitrogens with zero attached hydrogens (tertiary/aromatic N) is 2. The van der Waals surface area contributed by atoms with E-state index in [-0.39, 0.29) is 10.8 Å². The normalized spacial score (nSPS) is 10.7. The first-order chi connectivity index (χ1) is 12.8. The average Bonchev–Trinajstić information content (AvgIpc) is 2.93. The van der Waals surface area contributed by atoms with Crippen molar-refractivity contribution in [2.24, 2.45) is 0 Å². The van der Waals surface area contributed by atoms with Gasteiger partial charge in [-0.15, -0.1) is 0 Å². The summed E-state index contributed by atoms with van der Waals surface area (Å²) in [5.74, 6) is -0.973. The zero-order valence-electron chi connectivity index (χ0n) is 13.4. The lowest BCUT2D eigenvalue weighted by Crippen LogP contribution is -2.20. The molecule has 0 saturated carbocycles. The van der Waals surface area contributed by atoms with E-state index in [0.29, 0.717) is 26.9 Å². The van der Waals surface area contributed by atoms with Crippen LogP contribution in [0.25, 0.3) is 0 Å². The summed E-state index contributed by atoms with van der Waals surface area (Å²) in [6.07, 6.45) is 1.76. The molecule has 3 aromatic rings. The summed E-state index contributed by atoms with van der Waals surface area (Å²) in [5.41, 5.74) is 0.972. The lowest BCUT2D eigenvalue weighted by molar-refractivity contribution is 0.586. The molecule has 0 unspecified atom stereocenters. The molecule has 0 fully saturated rings. The van der Waals surface area contributed by atoms with Crippen LogP contribution in [0.15, 0.2) is 47.1 Å². The fraction of sp³-hybridized carbons (Fsp3) is 0.0588. The van der Waals surface area contributed by atoms with Gasteiger partial charge >= 0.3 is 0 Å². The van der Waals surface area contributed by atoms with Crippen molar-refractivity contribution in [1.29, 1.82) is 0 Å². The van der Waals surface area contributed by atoms with E-state index in [1.807, 2.05) is 6.07 Å². The lowest BCUT2D eigenvalue weighted by Gasteiger charge is -2.10. The van der Waals surface area contributed by atoms with E-state index in [9.17, 15) is 8.78 Å². The van der Waals surface area contributed by atoms with Crippen LogP contribution < -0.4 is 10.6 Å². The zero-order chi connectivity index (χ0) is 19.6. The van der Waals surface area contributed by atoms with Gasteiger partial charge in [-0.2, -0.15) is 5.10 Å². The zero-order valence-corrected chi connectivity index (χ0v) is 17.4. The third kappa shape index (κ3) is 5.16. The van der Waals surface area contributed by atoms with Crippen LogP contribution in [0.4, 0.5) is 20.3 Å². The summed E-state index contributed by atoms with van der Waals surface area (Å²) in [6, 6.07) is 8.49. The molecule has 0 amide bonds. The molecule has 4 nitrogen and oxygen atoms in total. The predicted molar refractivity (Wildman–Crippen MR) is 112 cm³/mol. The molecule has 0 aliphatic heterocycles. The molecule has 0 atom stereocenters. The molecular formula is C17H11BrCl2F2N4S. The van der Waals surface area contributed by atoms with Gasteiger partial charge in [-0.3, -0.25) is 4.68 Å². The van der Waals surface area contributed by atoms with Crippen molar-refractivity contribution in [2.45, 2.75) is 6.54 Å². The van der Waals surface area contributed by atoms with E-state index in [2.05, 4.69) is 31.7 Å². The molecule has 0 aliphatic rings. The maximum absolute atomic E-state index is 13.7. The van der Waals surface area contributed by atoms with E-state index < -0.39 is 11.6 Å². The monoisotopic (exact) mass is 490 g/mol. The lowest BCUT2D eigenvalue weighted by atomic mass is 10.2. The Kier molecular flexibility index (Phi) is 6.31. The van der Waals surface area contributed by atoms with Crippen LogP contribution in [0, 0.1) is 11.6 Å². The van der Waals surface area contributed by atoms with Gasteiger partial charge in [0.05, 0.1) is 26.8 Å². The number of thiocarbonyl (C=S) groups is 1. The van der Waals surface area contributed by atoms with Gasteiger partial charge in [-0.1, -0.05) is 29.3 Å². The van der Waals surface area contributed by atoms with E-state index in [1.54, 1.807) is 23.0 Å². The number of hydrogen-bond acceptors (Lipinski definition) is 2. The number of rotatable bonds is 4. The Morgan fingerprint density at radius 1 is 1.11 bits per heavy atom. The van der Waals surface area contributed by atoms with Gasteiger partial charge in [0.25, 0.3) is 0 Å². The molecule has 0 bridgehead atoms. The molecule has 1 aromatic heterocycles. The summed E-state index contributed by atoms with van der Waals surface area (Å²) in [5, 5.41) is 11.0. The number of hydrogen-bond donors (Lipinski definition) is 2. The fourth-order valence-electron chi connectivity index (χ4n) is 2.24.